The van der Waals surface area contributed by atoms with Crippen molar-refractivity contribution in [3.05, 3.63) is 0 Å². The van der Waals surface area contributed by atoms with Gasteiger partial charge in [0.05, 0.1) is 13.2 Å². The van der Waals surface area contributed by atoms with Gasteiger partial charge in [0, 0.05) is 13.8 Å². The first-order valence-electron chi connectivity index (χ1n) is 4.05. The summed E-state index contributed by atoms with van der Waals surface area (Å²) in [7, 11) is 0. The smallest absolute Gasteiger partial charge is 0.205 e. The average Bonchev–Trinajstić information content (AvgIpc) is 2.02. The van der Waals surface area contributed by atoms with Gasteiger partial charge in [-0.2, -0.15) is 0 Å². The topological polar surface area (TPSA) is 43.2 Å². The first-order chi connectivity index (χ1) is 5.70. The van der Waals surface area contributed by atoms with Crippen LogP contribution in [0.3, 0.4) is 0 Å². The lowest BCUT2D eigenvalue weighted by molar-refractivity contribution is 0.316. The third-order valence-electron chi connectivity index (χ3n) is 1.04. The highest BCUT2D eigenvalue weighted by Crippen LogP contribution is 1.86. The largest absolute Gasteiger partial charge is 0.480 e. The van der Waals surface area contributed by atoms with Gasteiger partial charge in [-0.15, -0.1) is 10.2 Å². The van der Waals surface area contributed by atoms with Gasteiger partial charge >= 0.3 is 0 Å². The zero-order chi connectivity index (χ0) is 9.40. The van der Waals surface area contributed by atoms with Crippen LogP contribution in [0.15, 0.2) is 10.2 Å². The van der Waals surface area contributed by atoms with E-state index >= 15 is 0 Å². The van der Waals surface area contributed by atoms with Crippen molar-refractivity contribution in [1.82, 2.24) is 0 Å². The van der Waals surface area contributed by atoms with Crippen LogP contribution in [0.25, 0.3) is 0 Å². The van der Waals surface area contributed by atoms with Gasteiger partial charge < -0.3 is 9.47 Å². The number of rotatable bonds is 3. The van der Waals surface area contributed by atoms with Crippen molar-refractivity contribution in [2.45, 2.75) is 27.7 Å². The molecule has 0 aliphatic carbocycles. The van der Waals surface area contributed by atoms with Crippen LogP contribution in [-0.2, 0) is 9.47 Å². The third kappa shape index (κ3) is 5.70. The van der Waals surface area contributed by atoms with E-state index < -0.39 is 0 Å². The van der Waals surface area contributed by atoms with Gasteiger partial charge in [0.1, 0.15) is 0 Å². The Hall–Kier alpha value is -1.06. The fraction of sp³-hybridized carbons (Fsp3) is 0.750. The first-order valence-corrected chi connectivity index (χ1v) is 4.05. The van der Waals surface area contributed by atoms with Crippen molar-refractivity contribution in [2.75, 3.05) is 13.2 Å². The summed E-state index contributed by atoms with van der Waals surface area (Å²) in [6, 6.07) is 0. The Morgan fingerprint density at radius 2 is 1.25 bits per heavy atom. The minimum absolute atomic E-state index is 0.552. The maximum Gasteiger partial charge on any atom is 0.205 e. The lowest BCUT2D eigenvalue weighted by Crippen LogP contribution is -2.00. The number of nitrogens with zero attached hydrogens (tertiary/aromatic N) is 2. The van der Waals surface area contributed by atoms with Crippen LogP contribution >= 0.6 is 0 Å². The van der Waals surface area contributed by atoms with Gasteiger partial charge in [0.25, 0.3) is 0 Å². The molecule has 0 unspecified atom stereocenters. The molecule has 0 saturated carbocycles. The Bertz CT molecular complexity index is 156. The van der Waals surface area contributed by atoms with Gasteiger partial charge in [-0.1, -0.05) is 0 Å². The zero-order valence-electron chi connectivity index (χ0n) is 8.13. The summed E-state index contributed by atoms with van der Waals surface area (Å²) in [5.41, 5.74) is 0. The summed E-state index contributed by atoms with van der Waals surface area (Å²) in [5.74, 6) is 1.10. The van der Waals surface area contributed by atoms with E-state index in [0.717, 1.165) is 0 Å². The van der Waals surface area contributed by atoms with Crippen LogP contribution in [0.5, 0.6) is 0 Å². The molecule has 0 amide bonds. The van der Waals surface area contributed by atoms with Crippen LogP contribution in [-0.4, -0.2) is 25.0 Å². The molecule has 70 valence electrons. The number of hydrogen-bond donors (Lipinski definition) is 0. The predicted octanol–water partition coefficient (Wildman–Crippen LogP) is 1.81. The van der Waals surface area contributed by atoms with Crippen molar-refractivity contribution >= 4 is 11.8 Å². The summed E-state index contributed by atoms with van der Waals surface area (Å²) >= 11 is 0. The Morgan fingerprint density at radius 3 is 1.50 bits per heavy atom. The summed E-state index contributed by atoms with van der Waals surface area (Å²) in [6.07, 6.45) is 0. The summed E-state index contributed by atoms with van der Waals surface area (Å²) in [5, 5.41) is 7.58. The van der Waals surface area contributed by atoms with E-state index in [9.17, 15) is 0 Å². The summed E-state index contributed by atoms with van der Waals surface area (Å²) < 4.78 is 10.1. The molecule has 0 heterocycles. The lowest BCUT2D eigenvalue weighted by Gasteiger charge is -1.99. The Labute approximate surface area is 73.3 Å². The SMILES string of the molecule is CCOC(C)=NN=C(C)OCC. The van der Waals surface area contributed by atoms with Crippen molar-refractivity contribution in [3.8, 4) is 0 Å². The Morgan fingerprint density at radius 1 is 0.917 bits per heavy atom. The third-order valence-corrected chi connectivity index (χ3v) is 1.04. The number of ether oxygens (including phenoxy) is 2. The molecule has 0 saturated heterocycles. The minimum atomic E-state index is 0.552. The van der Waals surface area contributed by atoms with E-state index in [1.165, 1.54) is 0 Å². The molecule has 0 radical (unpaired) electrons. The van der Waals surface area contributed by atoms with Crippen LogP contribution in [0.2, 0.25) is 0 Å². The van der Waals surface area contributed by atoms with E-state index in [-0.39, 0.29) is 0 Å². The Kier molecular flexibility index (Phi) is 6.05. The van der Waals surface area contributed by atoms with E-state index in [0.29, 0.717) is 25.0 Å². The molecule has 0 aliphatic rings. The predicted molar refractivity (Wildman–Crippen MR) is 49.5 cm³/mol. The minimum Gasteiger partial charge on any atom is -0.480 e. The summed E-state index contributed by atoms with van der Waals surface area (Å²) in [4.78, 5) is 0. The van der Waals surface area contributed by atoms with E-state index in [4.69, 9.17) is 9.47 Å². The molecule has 0 atom stereocenters. The molecule has 4 heteroatoms. The maximum absolute atomic E-state index is 5.06. The van der Waals surface area contributed by atoms with E-state index in [2.05, 4.69) is 10.2 Å². The molecule has 4 nitrogen and oxygen atoms in total. The molecule has 12 heavy (non-hydrogen) atoms. The second-order valence-corrected chi connectivity index (χ2v) is 2.10. The molecule has 0 bridgehead atoms. The van der Waals surface area contributed by atoms with E-state index in [1.54, 1.807) is 13.8 Å². The molecule has 0 aromatic heterocycles. The zero-order valence-corrected chi connectivity index (χ0v) is 8.13. The van der Waals surface area contributed by atoms with Crippen molar-refractivity contribution in [1.29, 1.82) is 0 Å². The van der Waals surface area contributed by atoms with Gasteiger partial charge in [-0.25, -0.2) is 0 Å². The summed E-state index contributed by atoms with van der Waals surface area (Å²) in [6.45, 7) is 8.53. The van der Waals surface area contributed by atoms with Crippen molar-refractivity contribution in [2.24, 2.45) is 10.2 Å². The lowest BCUT2D eigenvalue weighted by atomic mass is 10.7. The first kappa shape index (κ1) is 10.9. The van der Waals surface area contributed by atoms with Gasteiger partial charge in [-0.3, -0.25) is 0 Å². The van der Waals surface area contributed by atoms with Crippen LogP contribution in [0, 0.1) is 0 Å². The molecule has 0 fully saturated rings. The molecular formula is C8H16N2O2. The highest BCUT2D eigenvalue weighted by molar-refractivity contribution is 5.76. The maximum atomic E-state index is 5.06. The van der Waals surface area contributed by atoms with Crippen LogP contribution < -0.4 is 0 Å². The van der Waals surface area contributed by atoms with Crippen LogP contribution in [0.1, 0.15) is 27.7 Å². The molecular weight excluding hydrogens is 156 g/mol. The van der Waals surface area contributed by atoms with Gasteiger partial charge in [-0.05, 0) is 13.8 Å². The van der Waals surface area contributed by atoms with Crippen LogP contribution in [0.4, 0.5) is 0 Å². The second-order valence-electron chi connectivity index (χ2n) is 2.10. The molecule has 0 rings (SSSR count). The second kappa shape index (κ2) is 6.64. The highest BCUT2D eigenvalue weighted by atomic mass is 16.5. The normalized spacial score (nSPS) is 13.0. The molecule has 0 spiro atoms. The molecule has 0 aliphatic heterocycles. The fourth-order valence-corrected chi connectivity index (χ4v) is 0.616. The van der Waals surface area contributed by atoms with E-state index in [1.807, 2.05) is 13.8 Å². The molecule has 0 aromatic rings. The monoisotopic (exact) mass is 172 g/mol. The van der Waals surface area contributed by atoms with Gasteiger partial charge in [0.2, 0.25) is 11.8 Å². The Balaban J connectivity index is 3.89. The highest BCUT2D eigenvalue weighted by Gasteiger charge is 1.89. The molecule has 0 aromatic carbocycles. The number of hydrogen-bond acceptors (Lipinski definition) is 4. The van der Waals surface area contributed by atoms with Gasteiger partial charge in [0.15, 0.2) is 0 Å². The van der Waals surface area contributed by atoms with Crippen molar-refractivity contribution < 1.29 is 9.47 Å². The quantitative estimate of drug-likeness (QED) is 0.370. The van der Waals surface area contributed by atoms with Crippen molar-refractivity contribution in [3.63, 3.8) is 0 Å². The standard InChI is InChI=1S/C8H16N2O2/c1-5-11-7(3)9-10-8(4)12-6-2/h5-6H2,1-4H3. The fourth-order valence-electron chi connectivity index (χ4n) is 0.616. The average molecular weight is 172 g/mol. The molecule has 0 N–H and O–H groups in total.